The van der Waals surface area contributed by atoms with Gasteiger partial charge in [0.15, 0.2) is 0 Å². The number of carbonyl (C=O) groups is 1. The van der Waals surface area contributed by atoms with E-state index in [4.69, 9.17) is 27.9 Å². The van der Waals surface area contributed by atoms with Gasteiger partial charge in [-0.1, -0.05) is 29.3 Å². The summed E-state index contributed by atoms with van der Waals surface area (Å²) in [5.74, 6) is 0.453. The van der Waals surface area contributed by atoms with Crippen LogP contribution >= 0.6 is 23.2 Å². The van der Waals surface area contributed by atoms with Crippen LogP contribution in [0.4, 0.5) is 11.4 Å². The fraction of sp³-hybridized carbons (Fsp3) is 0.235. The fourth-order valence-corrected chi connectivity index (χ4v) is 2.40. The molecule has 122 valence electrons. The number of hydrogen-bond acceptors (Lipinski definition) is 3. The molecular weight excluding hydrogens is 335 g/mol. The van der Waals surface area contributed by atoms with Crippen LogP contribution in [0.1, 0.15) is 12.5 Å². The van der Waals surface area contributed by atoms with Crippen LogP contribution in [-0.4, -0.2) is 19.1 Å². The van der Waals surface area contributed by atoms with Gasteiger partial charge in [0.05, 0.1) is 23.5 Å². The van der Waals surface area contributed by atoms with Gasteiger partial charge in [-0.15, -0.1) is 0 Å². The molecule has 0 spiro atoms. The Morgan fingerprint density at radius 3 is 2.57 bits per heavy atom. The standard InChI is InChI=1S/C17H18Cl2N2O2/c1-10-4-7-16(23-3)15(8-10)20-11(2)17(22)21-14-9-12(18)5-6-13(14)19/h4-9,11,20H,1-3H3,(H,21,22)/t11-/m0/s1. The minimum absolute atomic E-state index is 0.224. The smallest absolute Gasteiger partial charge is 0.246 e. The van der Waals surface area contributed by atoms with Gasteiger partial charge in [-0.05, 0) is 49.7 Å². The highest BCUT2D eigenvalue weighted by Crippen LogP contribution is 2.27. The summed E-state index contributed by atoms with van der Waals surface area (Å²) in [6, 6.07) is 10.2. The number of nitrogens with one attached hydrogen (secondary N) is 2. The van der Waals surface area contributed by atoms with Crippen molar-refractivity contribution < 1.29 is 9.53 Å². The molecule has 0 aromatic heterocycles. The van der Waals surface area contributed by atoms with E-state index < -0.39 is 6.04 Å². The van der Waals surface area contributed by atoms with Crippen LogP contribution in [0.5, 0.6) is 5.75 Å². The minimum Gasteiger partial charge on any atom is -0.495 e. The number of anilines is 2. The average molecular weight is 353 g/mol. The molecule has 0 saturated heterocycles. The van der Waals surface area contributed by atoms with Gasteiger partial charge in [-0.2, -0.15) is 0 Å². The molecule has 6 heteroatoms. The number of benzene rings is 2. The summed E-state index contributed by atoms with van der Waals surface area (Å²) < 4.78 is 5.30. The summed E-state index contributed by atoms with van der Waals surface area (Å²) in [6.45, 7) is 3.73. The molecule has 0 saturated carbocycles. The van der Waals surface area contributed by atoms with Gasteiger partial charge >= 0.3 is 0 Å². The molecule has 0 aliphatic carbocycles. The van der Waals surface area contributed by atoms with Crippen molar-refractivity contribution in [3.63, 3.8) is 0 Å². The van der Waals surface area contributed by atoms with Crippen molar-refractivity contribution in [2.45, 2.75) is 19.9 Å². The molecule has 0 bridgehead atoms. The van der Waals surface area contributed by atoms with E-state index in [1.54, 1.807) is 32.2 Å². The number of methoxy groups -OCH3 is 1. The van der Waals surface area contributed by atoms with Crippen molar-refractivity contribution in [2.75, 3.05) is 17.7 Å². The normalized spacial score (nSPS) is 11.7. The molecule has 0 aliphatic heterocycles. The van der Waals surface area contributed by atoms with Crippen molar-refractivity contribution in [3.05, 3.63) is 52.0 Å². The highest BCUT2D eigenvalue weighted by atomic mass is 35.5. The van der Waals surface area contributed by atoms with E-state index >= 15 is 0 Å². The minimum atomic E-state index is -0.485. The maximum Gasteiger partial charge on any atom is 0.246 e. The van der Waals surface area contributed by atoms with Crippen molar-refractivity contribution in [3.8, 4) is 5.75 Å². The number of halogens is 2. The molecule has 0 radical (unpaired) electrons. The number of hydrogen-bond donors (Lipinski definition) is 2. The molecule has 2 N–H and O–H groups in total. The number of aryl methyl sites for hydroxylation is 1. The van der Waals surface area contributed by atoms with Crippen LogP contribution in [0, 0.1) is 6.92 Å². The summed E-state index contributed by atoms with van der Waals surface area (Å²) in [4.78, 5) is 12.3. The fourth-order valence-electron chi connectivity index (χ4n) is 2.07. The molecule has 0 unspecified atom stereocenters. The van der Waals surface area contributed by atoms with E-state index in [-0.39, 0.29) is 5.91 Å². The second-order valence-electron chi connectivity index (χ2n) is 5.18. The molecule has 2 rings (SSSR count). The van der Waals surface area contributed by atoms with E-state index in [1.807, 2.05) is 25.1 Å². The van der Waals surface area contributed by atoms with E-state index in [9.17, 15) is 4.79 Å². The largest absolute Gasteiger partial charge is 0.495 e. The van der Waals surface area contributed by atoms with Gasteiger partial charge in [0.2, 0.25) is 5.91 Å². The molecular formula is C17H18Cl2N2O2. The second kappa shape index (κ2) is 7.57. The zero-order valence-corrected chi connectivity index (χ0v) is 14.6. The lowest BCUT2D eigenvalue weighted by molar-refractivity contribution is -0.116. The number of rotatable bonds is 5. The molecule has 1 atom stereocenters. The summed E-state index contributed by atoms with van der Waals surface area (Å²) >= 11 is 12.0. The summed E-state index contributed by atoms with van der Waals surface area (Å²) in [6.07, 6.45) is 0. The van der Waals surface area contributed by atoms with Crippen molar-refractivity contribution in [1.82, 2.24) is 0 Å². The first-order valence-corrected chi connectivity index (χ1v) is 7.83. The monoisotopic (exact) mass is 352 g/mol. The Labute approximate surface area is 145 Å². The highest BCUT2D eigenvalue weighted by molar-refractivity contribution is 6.35. The number of ether oxygens (including phenoxy) is 1. The van der Waals surface area contributed by atoms with Crippen LogP contribution in [0.2, 0.25) is 10.0 Å². The molecule has 0 fully saturated rings. The van der Waals surface area contributed by atoms with E-state index in [0.29, 0.717) is 21.5 Å². The lowest BCUT2D eigenvalue weighted by Crippen LogP contribution is -2.32. The summed E-state index contributed by atoms with van der Waals surface area (Å²) in [5, 5.41) is 6.85. The lowest BCUT2D eigenvalue weighted by Gasteiger charge is -2.18. The molecule has 2 aromatic carbocycles. The molecule has 23 heavy (non-hydrogen) atoms. The second-order valence-corrected chi connectivity index (χ2v) is 6.03. The first-order valence-electron chi connectivity index (χ1n) is 7.08. The van der Waals surface area contributed by atoms with Crippen LogP contribution in [0.25, 0.3) is 0 Å². The Kier molecular flexibility index (Phi) is 5.74. The third-order valence-corrected chi connectivity index (χ3v) is 3.87. The number of amides is 1. The Morgan fingerprint density at radius 1 is 1.13 bits per heavy atom. The Bertz CT molecular complexity index is 720. The Balaban J connectivity index is 2.11. The van der Waals surface area contributed by atoms with Crippen LogP contribution < -0.4 is 15.4 Å². The average Bonchev–Trinajstić information content (AvgIpc) is 2.51. The predicted octanol–water partition coefficient (Wildman–Crippen LogP) is 4.75. The van der Waals surface area contributed by atoms with Crippen LogP contribution in [-0.2, 0) is 4.79 Å². The van der Waals surface area contributed by atoms with Gasteiger partial charge in [0.1, 0.15) is 11.8 Å². The zero-order chi connectivity index (χ0) is 17.0. The topological polar surface area (TPSA) is 50.4 Å². The highest BCUT2D eigenvalue weighted by Gasteiger charge is 2.16. The van der Waals surface area contributed by atoms with Crippen LogP contribution in [0.3, 0.4) is 0 Å². The van der Waals surface area contributed by atoms with E-state index in [1.165, 1.54) is 0 Å². The maximum absolute atomic E-state index is 12.3. The molecule has 2 aromatic rings. The summed E-state index contributed by atoms with van der Waals surface area (Å²) in [5.41, 5.74) is 2.31. The SMILES string of the molecule is COc1ccc(C)cc1N[C@@H](C)C(=O)Nc1cc(Cl)ccc1Cl. The van der Waals surface area contributed by atoms with Crippen LogP contribution in [0.15, 0.2) is 36.4 Å². The number of carbonyl (C=O) groups excluding carboxylic acids is 1. The quantitative estimate of drug-likeness (QED) is 0.816. The molecule has 0 aliphatic rings. The lowest BCUT2D eigenvalue weighted by atomic mass is 10.2. The maximum atomic E-state index is 12.3. The first kappa shape index (κ1) is 17.4. The third kappa shape index (κ3) is 4.53. The Hall–Kier alpha value is -1.91. The van der Waals surface area contributed by atoms with Gasteiger partial charge < -0.3 is 15.4 Å². The van der Waals surface area contributed by atoms with Crippen molar-refractivity contribution >= 4 is 40.5 Å². The van der Waals surface area contributed by atoms with Gasteiger partial charge in [0.25, 0.3) is 0 Å². The summed E-state index contributed by atoms with van der Waals surface area (Å²) in [7, 11) is 1.59. The predicted molar refractivity (Wildman–Crippen MR) is 95.9 cm³/mol. The molecule has 1 amide bonds. The van der Waals surface area contributed by atoms with Gasteiger partial charge in [0, 0.05) is 5.02 Å². The third-order valence-electron chi connectivity index (χ3n) is 3.31. The van der Waals surface area contributed by atoms with E-state index in [0.717, 1.165) is 11.3 Å². The van der Waals surface area contributed by atoms with E-state index in [2.05, 4.69) is 10.6 Å². The molecule has 0 heterocycles. The molecule has 4 nitrogen and oxygen atoms in total. The zero-order valence-electron chi connectivity index (χ0n) is 13.1. The Morgan fingerprint density at radius 2 is 1.87 bits per heavy atom. The van der Waals surface area contributed by atoms with Crippen molar-refractivity contribution in [1.29, 1.82) is 0 Å². The first-order chi connectivity index (χ1) is 10.9. The van der Waals surface area contributed by atoms with Gasteiger partial charge in [-0.25, -0.2) is 0 Å². The van der Waals surface area contributed by atoms with Gasteiger partial charge in [-0.3, -0.25) is 4.79 Å². The van der Waals surface area contributed by atoms with Crippen molar-refractivity contribution in [2.24, 2.45) is 0 Å².